The van der Waals surface area contributed by atoms with Gasteiger partial charge in [-0.25, -0.2) is 24.7 Å². The van der Waals surface area contributed by atoms with Gasteiger partial charge in [0.2, 0.25) is 20.3 Å². The SMILES string of the molecule is COc1ccccc1-c1nccc(COc2ccc(O[Si](C)(C)C(C)(C)C)cc2C[C@@H](Oc2ncnc3sc(I)c(-c4c(C)c(Cl)c(O[Si](C(C)C)(C(C)C)C(C)C)c(Cl)c4C)c23)C(=O)O)n1. The first-order valence-electron chi connectivity index (χ1n) is 22.3. The molecule has 0 aliphatic heterocycles. The predicted molar refractivity (Wildman–Crippen MR) is 285 cm³/mol. The summed E-state index contributed by atoms with van der Waals surface area (Å²) < 4.78 is 33.3. The van der Waals surface area contributed by atoms with E-state index in [9.17, 15) is 9.90 Å². The predicted octanol–water partition coefficient (Wildman–Crippen LogP) is 14.9. The number of fused-ring (bicyclic) bond motifs is 1. The van der Waals surface area contributed by atoms with Crippen molar-refractivity contribution in [3.8, 4) is 51.4 Å². The van der Waals surface area contributed by atoms with E-state index in [1.165, 1.54) is 17.7 Å². The molecule has 0 aliphatic rings. The zero-order valence-electron chi connectivity index (χ0n) is 40.7. The van der Waals surface area contributed by atoms with E-state index in [0.29, 0.717) is 77.0 Å². The zero-order valence-corrected chi connectivity index (χ0v) is 47.2. The number of carboxylic acid groups (broad SMARTS) is 1. The Morgan fingerprint density at radius 1 is 0.866 bits per heavy atom. The number of carboxylic acids is 1. The molecule has 0 radical (unpaired) electrons. The molecule has 3 aromatic heterocycles. The van der Waals surface area contributed by atoms with E-state index in [0.717, 1.165) is 30.7 Å². The number of aliphatic carboxylic acids is 1. The van der Waals surface area contributed by atoms with Crippen LogP contribution in [0, 0.1) is 16.7 Å². The number of hydrogen-bond acceptors (Lipinski definition) is 11. The minimum absolute atomic E-state index is 0.0746. The molecule has 0 fully saturated rings. The lowest BCUT2D eigenvalue weighted by Gasteiger charge is -2.43. The smallest absolute Gasteiger partial charge is 0.345 e. The van der Waals surface area contributed by atoms with Crippen LogP contribution in [0.25, 0.3) is 32.7 Å². The first kappa shape index (κ1) is 52.4. The van der Waals surface area contributed by atoms with Crippen LogP contribution in [-0.4, -0.2) is 60.9 Å². The lowest BCUT2D eigenvalue weighted by molar-refractivity contribution is -0.145. The summed E-state index contributed by atoms with van der Waals surface area (Å²) in [6.45, 7) is 28.2. The van der Waals surface area contributed by atoms with Gasteiger partial charge in [0.1, 0.15) is 40.8 Å². The molecule has 6 aromatic rings. The van der Waals surface area contributed by atoms with Crippen molar-refractivity contribution >= 4 is 90.0 Å². The van der Waals surface area contributed by atoms with Crippen molar-refractivity contribution in [2.24, 2.45) is 0 Å². The highest BCUT2D eigenvalue weighted by molar-refractivity contribution is 14.1. The van der Waals surface area contributed by atoms with Crippen molar-refractivity contribution in [1.82, 2.24) is 19.9 Å². The van der Waals surface area contributed by atoms with E-state index in [1.54, 1.807) is 19.4 Å². The Balaban J connectivity index is 1.40. The average molecular weight is 1120 g/mol. The van der Waals surface area contributed by atoms with Gasteiger partial charge >= 0.3 is 5.97 Å². The standard InChI is InChI=1S/C50H61Cl2IN4O7SSi2/c1-27(2)67(28(3)4,29(5)6)64-44-42(51)30(7)39(31(8)43(44)52)40-41-47(55-26-56-48(41)65-45(40)53)62-38(49(58)59)24-32-23-34(63-66(13,14)50(9,10)11)19-20-36(32)61-25-33-21-22-54-46(57-33)35-17-15-16-18-37(35)60-12/h15-23,26-29,38H,24-25H2,1-14H3,(H,58,59)/t38-/m1/s1. The number of aromatic nitrogens is 4. The molecule has 0 saturated heterocycles. The number of hydrogen-bond donors (Lipinski definition) is 1. The normalized spacial score (nSPS) is 12.8. The van der Waals surface area contributed by atoms with Gasteiger partial charge in [-0.05, 0) is 124 Å². The summed E-state index contributed by atoms with van der Waals surface area (Å²) in [5.41, 5.74) is 5.93. The fourth-order valence-electron chi connectivity index (χ4n) is 8.59. The number of nitrogens with zero attached hydrogens (tertiary/aromatic N) is 4. The second-order valence-electron chi connectivity index (χ2n) is 19.3. The molecule has 0 spiro atoms. The highest BCUT2D eigenvalue weighted by Crippen LogP contribution is 2.53. The third-order valence-corrected chi connectivity index (χ3v) is 26.4. The summed E-state index contributed by atoms with van der Waals surface area (Å²) in [5.74, 6) is 1.63. The number of thiophene rings is 1. The fraction of sp³-hybridized carbons (Fsp3) is 0.420. The van der Waals surface area contributed by atoms with Gasteiger partial charge in [0, 0.05) is 23.7 Å². The Morgan fingerprint density at radius 3 is 2.10 bits per heavy atom. The molecule has 17 heteroatoms. The summed E-state index contributed by atoms with van der Waals surface area (Å²) in [5, 5.41) is 12.2. The van der Waals surface area contributed by atoms with Gasteiger partial charge in [-0.3, -0.25) is 0 Å². The molecule has 1 N–H and O–H groups in total. The van der Waals surface area contributed by atoms with Gasteiger partial charge in [0.25, 0.3) is 8.32 Å². The zero-order chi connectivity index (χ0) is 49.3. The van der Waals surface area contributed by atoms with Gasteiger partial charge < -0.3 is 28.2 Å². The molecular weight excluding hydrogens is 1050 g/mol. The Hall–Kier alpha value is -4.01. The molecule has 0 amide bonds. The number of carbonyl (C=O) groups is 1. The third kappa shape index (κ3) is 10.8. The van der Waals surface area contributed by atoms with Gasteiger partial charge in [-0.1, -0.05) is 97.6 Å². The van der Waals surface area contributed by atoms with E-state index >= 15 is 0 Å². The molecule has 67 heavy (non-hydrogen) atoms. The van der Waals surface area contributed by atoms with Crippen LogP contribution in [-0.2, 0) is 17.8 Å². The maximum absolute atomic E-state index is 13.4. The fourth-order valence-corrected chi connectivity index (χ4v) is 17.5. The van der Waals surface area contributed by atoms with E-state index in [1.807, 2.05) is 56.3 Å². The average Bonchev–Trinajstić information content (AvgIpc) is 3.60. The van der Waals surface area contributed by atoms with Crippen LogP contribution >= 0.6 is 57.1 Å². The first-order chi connectivity index (χ1) is 31.4. The van der Waals surface area contributed by atoms with Crippen molar-refractivity contribution in [2.45, 2.75) is 130 Å². The Labute approximate surface area is 424 Å². The first-order valence-corrected chi connectivity index (χ1v) is 30.0. The van der Waals surface area contributed by atoms with Crippen molar-refractivity contribution in [3.05, 3.63) is 96.4 Å². The van der Waals surface area contributed by atoms with Crippen molar-refractivity contribution in [2.75, 3.05) is 7.11 Å². The number of benzene rings is 3. The molecule has 1 atom stereocenters. The highest BCUT2D eigenvalue weighted by atomic mass is 127. The van der Waals surface area contributed by atoms with E-state index < -0.39 is 28.7 Å². The molecule has 0 bridgehead atoms. The summed E-state index contributed by atoms with van der Waals surface area (Å²) in [6.07, 6.45) is 1.57. The highest BCUT2D eigenvalue weighted by Gasteiger charge is 2.48. The monoisotopic (exact) mass is 1110 g/mol. The quantitative estimate of drug-likeness (QED) is 0.0651. The molecule has 0 aliphatic carbocycles. The number of para-hydroxylation sites is 1. The van der Waals surface area contributed by atoms with Gasteiger partial charge in [0.15, 0.2) is 5.82 Å². The van der Waals surface area contributed by atoms with Crippen molar-refractivity contribution < 1.29 is 33.0 Å². The Bertz CT molecular complexity index is 2730. The molecule has 3 heterocycles. The van der Waals surface area contributed by atoms with Gasteiger partial charge in [-0.2, -0.15) is 0 Å². The summed E-state index contributed by atoms with van der Waals surface area (Å²) in [4.78, 5) is 32.4. The van der Waals surface area contributed by atoms with Crippen molar-refractivity contribution in [3.63, 3.8) is 0 Å². The molecule has 0 saturated carbocycles. The second-order valence-corrected chi connectivity index (χ2v) is 32.9. The van der Waals surface area contributed by atoms with Crippen LogP contribution in [0.2, 0.25) is 44.8 Å². The lowest BCUT2D eigenvalue weighted by atomic mass is 9.95. The minimum Gasteiger partial charge on any atom is -0.543 e. The number of halogens is 3. The molecule has 358 valence electrons. The largest absolute Gasteiger partial charge is 0.543 e. The minimum atomic E-state index is -2.44. The van der Waals surface area contributed by atoms with Crippen LogP contribution < -0.4 is 23.1 Å². The topological polar surface area (TPSA) is 135 Å². The van der Waals surface area contributed by atoms with Crippen LogP contribution in [0.3, 0.4) is 0 Å². The molecular formula is C50H61Cl2IN4O7SSi2. The second kappa shape index (κ2) is 20.9. The third-order valence-electron chi connectivity index (χ3n) is 13.0. The summed E-state index contributed by atoms with van der Waals surface area (Å²) >= 11 is 18.4. The number of methoxy groups -OCH3 is 1. The van der Waals surface area contributed by atoms with E-state index in [-0.39, 0.29) is 23.9 Å². The van der Waals surface area contributed by atoms with Crippen LogP contribution in [0.15, 0.2) is 61.1 Å². The van der Waals surface area contributed by atoms with E-state index in [2.05, 4.69) is 113 Å². The Kier molecular flexibility index (Phi) is 16.4. The Morgan fingerprint density at radius 2 is 1.51 bits per heavy atom. The maximum atomic E-state index is 13.4. The van der Waals surface area contributed by atoms with Gasteiger partial charge in [0.05, 0.1) is 36.7 Å². The lowest BCUT2D eigenvalue weighted by Crippen LogP contribution is -2.50. The summed E-state index contributed by atoms with van der Waals surface area (Å²) in [7, 11) is -3.14. The maximum Gasteiger partial charge on any atom is 0.345 e. The number of ether oxygens (including phenoxy) is 3. The summed E-state index contributed by atoms with van der Waals surface area (Å²) in [6, 6.07) is 14.8. The number of rotatable bonds is 18. The van der Waals surface area contributed by atoms with Crippen LogP contribution in [0.1, 0.15) is 84.7 Å². The molecule has 6 rings (SSSR count). The molecule has 11 nitrogen and oxygen atoms in total. The van der Waals surface area contributed by atoms with Crippen LogP contribution in [0.4, 0.5) is 0 Å². The van der Waals surface area contributed by atoms with Gasteiger partial charge in [-0.15, -0.1) is 11.3 Å². The van der Waals surface area contributed by atoms with Crippen molar-refractivity contribution in [1.29, 1.82) is 0 Å². The van der Waals surface area contributed by atoms with Crippen LogP contribution in [0.5, 0.6) is 28.9 Å². The van der Waals surface area contributed by atoms with E-state index in [4.69, 9.17) is 51.2 Å². The molecule has 3 aromatic carbocycles. The molecule has 0 unspecified atom stereocenters.